The second-order valence-electron chi connectivity index (χ2n) is 22.8. The molecule has 10 nitrogen and oxygen atoms in total. The lowest BCUT2D eigenvalue weighted by Crippen LogP contribution is -2.37. The third-order valence-electron chi connectivity index (χ3n) is 9.36. The van der Waals surface area contributed by atoms with Crippen molar-refractivity contribution in [2.75, 3.05) is 91.4 Å². The molecule has 0 unspecified atom stereocenters. The van der Waals surface area contributed by atoms with Gasteiger partial charge in [0.05, 0.1) is 47.1 Å². The monoisotopic (exact) mass is 891 g/mol. The zero-order valence-corrected chi connectivity index (χ0v) is 43.8. The van der Waals surface area contributed by atoms with Crippen molar-refractivity contribution in [2.45, 2.75) is 162 Å². The van der Waals surface area contributed by atoms with Gasteiger partial charge in [-0.05, 0) is 58.2 Å². The van der Waals surface area contributed by atoms with Crippen LogP contribution in [-0.2, 0) is 38.1 Å². The summed E-state index contributed by atoms with van der Waals surface area (Å²) >= 11 is 3.04. The van der Waals surface area contributed by atoms with Gasteiger partial charge < -0.3 is 18.9 Å². The van der Waals surface area contributed by atoms with Gasteiger partial charge in [-0.1, -0.05) is 134 Å². The van der Waals surface area contributed by atoms with E-state index in [4.69, 9.17) is 9.47 Å². The van der Waals surface area contributed by atoms with E-state index in [1.807, 2.05) is 20.8 Å². The minimum atomic E-state index is -0.137. The average molecular weight is 891 g/mol. The standard InChI is InChI=1S/C17H33NO2S.C16H31NO2S.C8H16O2.C7H14O2/c1-16(2,3)14-17(4,5)7-13-21-15(19)6-8-18-9-11-20-12-10-18;1-15(2,3)12-16(4,5)13-20-14(18)6-7-17-8-10-19-11-9-17;1-8(2,3)6-5-7(9)10-4;1-7(2,3)5-6(8)9-4/h6-14H2,1-5H3;6-13H2,1-5H3;5-6H2,1-4H3;5H2,1-4H3. The quantitative estimate of drug-likeness (QED) is 0.138. The van der Waals surface area contributed by atoms with Gasteiger partial charge >= 0.3 is 11.9 Å². The second-order valence-corrected chi connectivity index (χ2v) is 25.0. The van der Waals surface area contributed by atoms with Crippen molar-refractivity contribution >= 4 is 45.7 Å². The molecule has 60 heavy (non-hydrogen) atoms. The third-order valence-corrected chi connectivity index (χ3v) is 11.8. The van der Waals surface area contributed by atoms with Gasteiger partial charge in [0.25, 0.3) is 0 Å². The Bertz CT molecular complexity index is 1180. The third kappa shape index (κ3) is 42.1. The summed E-state index contributed by atoms with van der Waals surface area (Å²) in [7, 11) is 2.83. The Morgan fingerprint density at radius 1 is 0.500 bits per heavy atom. The molecule has 0 aromatic rings. The Hall–Kier alpha value is -1.18. The van der Waals surface area contributed by atoms with Crippen LogP contribution in [0, 0.1) is 32.5 Å². The molecule has 2 saturated heterocycles. The largest absolute Gasteiger partial charge is 0.469 e. The maximum atomic E-state index is 12.0. The van der Waals surface area contributed by atoms with Gasteiger partial charge in [-0.15, -0.1) is 0 Å². The highest BCUT2D eigenvalue weighted by Crippen LogP contribution is 2.37. The molecule has 0 aromatic heterocycles. The number of esters is 2. The van der Waals surface area contributed by atoms with Crippen molar-refractivity contribution in [1.82, 2.24) is 9.80 Å². The lowest BCUT2D eigenvalue weighted by atomic mass is 9.75. The summed E-state index contributed by atoms with van der Waals surface area (Å²) in [6.45, 7) is 44.0. The lowest BCUT2D eigenvalue weighted by molar-refractivity contribution is -0.143. The molecular weight excluding hydrogens is 797 g/mol. The topological polar surface area (TPSA) is 112 Å². The van der Waals surface area contributed by atoms with E-state index in [9.17, 15) is 19.2 Å². The van der Waals surface area contributed by atoms with Crippen LogP contribution in [0.1, 0.15) is 162 Å². The van der Waals surface area contributed by atoms with E-state index in [-0.39, 0.29) is 28.2 Å². The predicted octanol–water partition coefficient (Wildman–Crippen LogP) is 10.8. The highest BCUT2D eigenvalue weighted by Gasteiger charge is 2.27. The van der Waals surface area contributed by atoms with E-state index in [0.717, 1.165) is 96.5 Å². The van der Waals surface area contributed by atoms with Gasteiger partial charge in [0, 0.05) is 70.0 Å². The summed E-state index contributed by atoms with van der Waals surface area (Å²) in [5, 5.41) is 0.673. The molecule has 0 aliphatic carbocycles. The molecule has 356 valence electrons. The molecule has 0 amide bonds. The van der Waals surface area contributed by atoms with Gasteiger partial charge in [0.15, 0.2) is 10.2 Å². The molecule has 0 spiro atoms. The molecule has 0 aromatic carbocycles. The minimum absolute atomic E-state index is 0.0487. The smallest absolute Gasteiger partial charge is 0.306 e. The van der Waals surface area contributed by atoms with Crippen molar-refractivity contribution in [1.29, 1.82) is 0 Å². The van der Waals surface area contributed by atoms with Crippen LogP contribution < -0.4 is 0 Å². The number of methoxy groups -OCH3 is 2. The van der Waals surface area contributed by atoms with Crippen LogP contribution in [-0.4, -0.2) is 123 Å². The SMILES string of the molecule is CC(C)(C)CC(C)(C)CCSC(=O)CCN1CCOCC1.CC(C)(C)CC(C)(C)CSC(=O)CCN1CCOCC1.COC(=O)CC(C)(C)C.COC(=O)CCC(C)(C)C. The molecule has 2 rings (SSSR count). The number of ether oxygens (including phenoxy) is 4. The molecule has 0 saturated carbocycles. The predicted molar refractivity (Wildman–Crippen MR) is 256 cm³/mol. The van der Waals surface area contributed by atoms with Crippen LogP contribution in [0.15, 0.2) is 0 Å². The fourth-order valence-electron chi connectivity index (χ4n) is 7.10. The summed E-state index contributed by atoms with van der Waals surface area (Å²) in [5.74, 6) is 1.62. The summed E-state index contributed by atoms with van der Waals surface area (Å²) in [6, 6.07) is 0. The number of carbonyl (C=O) groups is 4. The Balaban J connectivity index is 0. The highest BCUT2D eigenvalue weighted by atomic mass is 32.2. The number of hydrogen-bond donors (Lipinski definition) is 0. The molecule has 2 aliphatic rings. The van der Waals surface area contributed by atoms with Gasteiger partial charge in [0.1, 0.15) is 0 Å². The minimum Gasteiger partial charge on any atom is -0.469 e. The van der Waals surface area contributed by atoms with Crippen molar-refractivity contribution < 1.29 is 38.1 Å². The first-order chi connectivity index (χ1) is 27.3. The van der Waals surface area contributed by atoms with Crippen LogP contribution in [0.25, 0.3) is 0 Å². The Morgan fingerprint density at radius 2 is 0.900 bits per heavy atom. The van der Waals surface area contributed by atoms with Crippen molar-refractivity contribution in [2.24, 2.45) is 32.5 Å². The molecule has 0 radical (unpaired) electrons. The second kappa shape index (κ2) is 30.0. The molecule has 2 fully saturated rings. The molecule has 0 bridgehead atoms. The van der Waals surface area contributed by atoms with E-state index in [1.54, 1.807) is 0 Å². The first kappa shape index (κ1) is 60.9. The molecular formula is C48H94N2O8S2. The van der Waals surface area contributed by atoms with Crippen LogP contribution in [0.5, 0.6) is 0 Å². The summed E-state index contributed by atoms with van der Waals surface area (Å²) in [4.78, 5) is 49.9. The molecule has 12 heteroatoms. The highest BCUT2D eigenvalue weighted by molar-refractivity contribution is 8.13. The number of thioether (sulfide) groups is 2. The lowest BCUT2D eigenvalue weighted by Gasteiger charge is -2.32. The van der Waals surface area contributed by atoms with E-state index in [2.05, 4.69) is 109 Å². The van der Waals surface area contributed by atoms with Crippen LogP contribution in [0.3, 0.4) is 0 Å². The zero-order chi connectivity index (χ0) is 46.8. The first-order valence-corrected chi connectivity index (χ1v) is 24.3. The van der Waals surface area contributed by atoms with Crippen molar-refractivity contribution in [3.8, 4) is 0 Å². The van der Waals surface area contributed by atoms with Gasteiger partial charge in [-0.25, -0.2) is 0 Å². The van der Waals surface area contributed by atoms with Crippen LogP contribution in [0.4, 0.5) is 0 Å². The maximum Gasteiger partial charge on any atom is 0.306 e. The zero-order valence-electron chi connectivity index (χ0n) is 42.1. The molecule has 2 aliphatic heterocycles. The molecule has 0 N–H and O–H groups in total. The fourth-order valence-corrected chi connectivity index (χ4v) is 9.11. The van der Waals surface area contributed by atoms with Crippen LogP contribution in [0.2, 0.25) is 0 Å². The van der Waals surface area contributed by atoms with E-state index >= 15 is 0 Å². The number of hydrogen-bond acceptors (Lipinski definition) is 12. The van der Waals surface area contributed by atoms with Crippen LogP contribution >= 0.6 is 23.5 Å². The van der Waals surface area contributed by atoms with Crippen molar-refractivity contribution in [3.05, 3.63) is 0 Å². The Labute approximate surface area is 378 Å². The summed E-state index contributed by atoms with van der Waals surface area (Å²) < 4.78 is 19.6. The summed E-state index contributed by atoms with van der Waals surface area (Å²) in [6.07, 6.45) is 6.69. The van der Waals surface area contributed by atoms with Crippen molar-refractivity contribution in [3.63, 3.8) is 0 Å². The fraction of sp³-hybridized carbons (Fsp3) is 0.917. The number of morpholine rings is 2. The Kier molecular flexibility index (Phi) is 30.5. The normalized spacial score (nSPS) is 15.9. The maximum absolute atomic E-state index is 12.0. The first-order valence-electron chi connectivity index (χ1n) is 22.3. The van der Waals surface area contributed by atoms with E-state index in [1.165, 1.54) is 44.2 Å². The molecule has 2 heterocycles. The van der Waals surface area contributed by atoms with Gasteiger partial charge in [0.2, 0.25) is 0 Å². The van der Waals surface area contributed by atoms with E-state index < -0.39 is 0 Å². The molecule has 0 atom stereocenters. The summed E-state index contributed by atoms with van der Waals surface area (Å²) in [5.41, 5.74) is 1.49. The number of nitrogens with zero attached hydrogens (tertiary/aromatic N) is 2. The Morgan fingerprint density at radius 3 is 1.25 bits per heavy atom. The van der Waals surface area contributed by atoms with Gasteiger partial charge in [-0.2, -0.15) is 0 Å². The average Bonchev–Trinajstić information content (AvgIpc) is 3.10. The number of rotatable bonds is 16. The van der Waals surface area contributed by atoms with E-state index in [0.29, 0.717) is 52.2 Å². The number of carbonyl (C=O) groups excluding carboxylic acids is 4. The van der Waals surface area contributed by atoms with Gasteiger partial charge in [-0.3, -0.25) is 29.0 Å².